The van der Waals surface area contributed by atoms with E-state index >= 15 is 0 Å². The van der Waals surface area contributed by atoms with Crippen LogP contribution in [0.5, 0.6) is 0 Å². The van der Waals surface area contributed by atoms with E-state index in [1.54, 1.807) is 24.8 Å². The third-order valence-electron chi connectivity index (χ3n) is 4.40. The Labute approximate surface area is 178 Å². The van der Waals surface area contributed by atoms with Crippen molar-refractivity contribution in [2.75, 3.05) is 18.6 Å². The normalized spacial score (nSPS) is 11.7. The highest BCUT2D eigenvalue weighted by Crippen LogP contribution is 2.20. The number of carbonyl (C=O) groups is 2. The molecule has 1 heterocycles. The molecule has 152 valence electrons. The summed E-state index contributed by atoms with van der Waals surface area (Å²) >= 11 is 3.17. The van der Waals surface area contributed by atoms with E-state index in [9.17, 15) is 9.59 Å². The van der Waals surface area contributed by atoms with Crippen LogP contribution in [0.25, 0.3) is 10.2 Å². The first kappa shape index (κ1) is 21.3. The minimum Gasteiger partial charge on any atom is -0.462 e. The van der Waals surface area contributed by atoms with Gasteiger partial charge in [0, 0.05) is 18.7 Å². The van der Waals surface area contributed by atoms with Crippen LogP contribution in [0.2, 0.25) is 0 Å². The van der Waals surface area contributed by atoms with Crippen LogP contribution in [-0.4, -0.2) is 35.1 Å². The van der Waals surface area contributed by atoms with E-state index in [0.717, 1.165) is 28.1 Å². The maximum atomic E-state index is 12.5. The first-order valence-corrected chi connectivity index (χ1v) is 11.7. The molecule has 0 atom stereocenters. The summed E-state index contributed by atoms with van der Waals surface area (Å²) in [7, 11) is 0. The lowest BCUT2D eigenvalue weighted by molar-refractivity contribution is -0.118. The summed E-state index contributed by atoms with van der Waals surface area (Å²) in [6, 6.07) is 15.4. The van der Waals surface area contributed by atoms with E-state index in [1.807, 2.05) is 42.5 Å². The van der Waals surface area contributed by atoms with Crippen molar-refractivity contribution in [3.05, 3.63) is 64.5 Å². The molecule has 5 nitrogen and oxygen atoms in total. The number of fused-ring (bicyclic) bond motifs is 1. The van der Waals surface area contributed by atoms with E-state index in [2.05, 4.69) is 15.8 Å². The molecular weight excluding hydrogens is 404 g/mol. The fourth-order valence-electron chi connectivity index (χ4n) is 2.96. The van der Waals surface area contributed by atoms with Gasteiger partial charge in [-0.3, -0.25) is 4.79 Å². The zero-order chi connectivity index (χ0) is 20.6. The minimum absolute atomic E-state index is 0.135. The van der Waals surface area contributed by atoms with Crippen LogP contribution < -0.4 is 4.80 Å². The van der Waals surface area contributed by atoms with Gasteiger partial charge in [-0.1, -0.05) is 41.7 Å². The third kappa shape index (κ3) is 5.58. The van der Waals surface area contributed by atoms with Crippen LogP contribution in [0.1, 0.15) is 29.3 Å². The largest absolute Gasteiger partial charge is 0.462 e. The molecule has 2 aromatic carbocycles. The highest BCUT2D eigenvalue weighted by Gasteiger charge is 2.12. The van der Waals surface area contributed by atoms with E-state index in [-0.39, 0.29) is 11.9 Å². The number of nitrogens with zero attached hydrogens (tertiary/aromatic N) is 2. The maximum Gasteiger partial charge on any atom is 0.338 e. The van der Waals surface area contributed by atoms with Crippen molar-refractivity contribution < 1.29 is 14.3 Å². The number of thiazole rings is 1. The first-order valence-electron chi connectivity index (χ1n) is 9.53. The Bertz CT molecular complexity index is 1050. The van der Waals surface area contributed by atoms with Crippen molar-refractivity contribution in [2.24, 2.45) is 4.99 Å². The number of aromatic nitrogens is 1. The number of benzene rings is 2. The van der Waals surface area contributed by atoms with Gasteiger partial charge < -0.3 is 9.30 Å². The Balaban J connectivity index is 1.90. The zero-order valence-electron chi connectivity index (χ0n) is 16.6. The van der Waals surface area contributed by atoms with Crippen LogP contribution in [0, 0.1) is 0 Å². The molecule has 0 aliphatic carbocycles. The van der Waals surface area contributed by atoms with Gasteiger partial charge in [-0.05, 0) is 43.4 Å². The Morgan fingerprint density at radius 3 is 2.69 bits per heavy atom. The number of esters is 1. The van der Waals surface area contributed by atoms with Crippen molar-refractivity contribution >= 4 is 45.2 Å². The van der Waals surface area contributed by atoms with E-state index in [1.165, 1.54) is 11.3 Å². The Morgan fingerprint density at radius 2 is 1.97 bits per heavy atom. The molecule has 0 radical (unpaired) electrons. The molecule has 3 rings (SSSR count). The summed E-state index contributed by atoms with van der Waals surface area (Å²) in [4.78, 5) is 29.6. The summed E-state index contributed by atoms with van der Waals surface area (Å²) in [5.41, 5.74) is 2.62. The van der Waals surface area contributed by atoms with E-state index in [4.69, 9.17) is 4.74 Å². The highest BCUT2D eigenvalue weighted by atomic mass is 32.2. The molecule has 7 heteroatoms. The lowest BCUT2D eigenvalue weighted by atomic mass is 10.1. The van der Waals surface area contributed by atoms with Crippen LogP contribution in [0.4, 0.5) is 0 Å². The monoisotopic (exact) mass is 428 g/mol. The minimum atomic E-state index is -0.337. The van der Waals surface area contributed by atoms with Gasteiger partial charge in [-0.2, -0.15) is 16.8 Å². The second-order valence-electron chi connectivity index (χ2n) is 6.42. The molecule has 0 fully saturated rings. The van der Waals surface area contributed by atoms with E-state index in [0.29, 0.717) is 29.8 Å². The SMILES string of the molecule is CCOC(=O)c1ccc2c(c1)sc(=NC(=O)CCc1ccccc1)n2CCSC. The van der Waals surface area contributed by atoms with Crippen molar-refractivity contribution in [3.8, 4) is 0 Å². The van der Waals surface area contributed by atoms with Gasteiger partial charge in [0.25, 0.3) is 0 Å². The Hall–Kier alpha value is -2.38. The quantitative estimate of drug-likeness (QED) is 0.502. The lowest BCUT2D eigenvalue weighted by Gasteiger charge is -2.05. The first-order chi connectivity index (χ1) is 14.1. The average Bonchev–Trinajstić information content (AvgIpc) is 3.07. The summed E-state index contributed by atoms with van der Waals surface area (Å²) in [5.74, 6) is 0.441. The van der Waals surface area contributed by atoms with Crippen LogP contribution in [0.15, 0.2) is 53.5 Å². The second kappa shape index (κ2) is 10.4. The number of ether oxygens (including phenoxy) is 1. The molecule has 0 unspecified atom stereocenters. The van der Waals surface area contributed by atoms with Crippen LogP contribution >= 0.6 is 23.1 Å². The summed E-state index contributed by atoms with van der Waals surface area (Å²) in [6.07, 6.45) is 3.09. The summed E-state index contributed by atoms with van der Waals surface area (Å²) in [5, 5.41) is 0. The number of hydrogen-bond acceptors (Lipinski definition) is 5. The molecular formula is C22H24N2O3S2. The third-order valence-corrected chi connectivity index (χ3v) is 6.04. The predicted molar refractivity (Wildman–Crippen MR) is 119 cm³/mol. The van der Waals surface area contributed by atoms with Gasteiger partial charge >= 0.3 is 5.97 Å². The second-order valence-corrected chi connectivity index (χ2v) is 8.42. The van der Waals surface area contributed by atoms with Crippen molar-refractivity contribution in [1.29, 1.82) is 0 Å². The Morgan fingerprint density at radius 1 is 1.17 bits per heavy atom. The molecule has 0 spiro atoms. The van der Waals surface area contributed by atoms with Crippen LogP contribution in [-0.2, 0) is 22.5 Å². The van der Waals surface area contributed by atoms with Gasteiger partial charge in [0.05, 0.1) is 22.4 Å². The Kier molecular flexibility index (Phi) is 7.66. The maximum absolute atomic E-state index is 12.5. The molecule has 0 saturated heterocycles. The average molecular weight is 429 g/mol. The molecule has 0 aliphatic rings. The number of rotatable bonds is 8. The van der Waals surface area contributed by atoms with Gasteiger partial charge in [-0.25, -0.2) is 4.79 Å². The highest BCUT2D eigenvalue weighted by molar-refractivity contribution is 7.98. The van der Waals surface area contributed by atoms with Crippen LogP contribution in [0.3, 0.4) is 0 Å². The number of thioether (sulfide) groups is 1. The molecule has 0 bridgehead atoms. The molecule has 1 amide bonds. The van der Waals surface area contributed by atoms with Gasteiger partial charge in [0.2, 0.25) is 5.91 Å². The lowest BCUT2D eigenvalue weighted by Crippen LogP contribution is -2.18. The number of amides is 1. The fraction of sp³-hybridized carbons (Fsp3) is 0.318. The summed E-state index contributed by atoms with van der Waals surface area (Å²) in [6.45, 7) is 2.88. The van der Waals surface area contributed by atoms with Gasteiger partial charge in [0.15, 0.2) is 4.80 Å². The van der Waals surface area contributed by atoms with Crippen molar-refractivity contribution in [3.63, 3.8) is 0 Å². The molecule has 0 saturated carbocycles. The molecule has 29 heavy (non-hydrogen) atoms. The number of carbonyl (C=O) groups excluding carboxylic acids is 2. The summed E-state index contributed by atoms with van der Waals surface area (Å²) < 4.78 is 8.08. The van der Waals surface area contributed by atoms with Crippen molar-refractivity contribution in [2.45, 2.75) is 26.3 Å². The zero-order valence-corrected chi connectivity index (χ0v) is 18.2. The van der Waals surface area contributed by atoms with Gasteiger partial charge in [-0.15, -0.1) is 0 Å². The number of hydrogen-bond donors (Lipinski definition) is 0. The number of aryl methyl sites for hydroxylation is 2. The smallest absolute Gasteiger partial charge is 0.338 e. The molecule has 3 aromatic rings. The fourth-order valence-corrected chi connectivity index (χ4v) is 4.43. The molecule has 0 N–H and O–H groups in total. The van der Waals surface area contributed by atoms with Gasteiger partial charge in [0.1, 0.15) is 0 Å². The van der Waals surface area contributed by atoms with Crippen molar-refractivity contribution in [1.82, 2.24) is 4.57 Å². The van der Waals surface area contributed by atoms with E-state index < -0.39 is 0 Å². The topological polar surface area (TPSA) is 60.7 Å². The predicted octanol–water partition coefficient (Wildman–Crippen LogP) is 4.30. The molecule has 0 aliphatic heterocycles. The molecule has 1 aromatic heterocycles. The standard InChI is InChI=1S/C22H24N2O3S2/c1-3-27-21(26)17-10-11-18-19(15-17)29-22(24(18)13-14-28-2)23-20(25)12-9-16-7-5-4-6-8-16/h4-8,10-11,15H,3,9,12-14H2,1-2H3.